The van der Waals surface area contributed by atoms with Gasteiger partial charge in [-0.2, -0.15) is 0 Å². The van der Waals surface area contributed by atoms with Crippen molar-refractivity contribution in [1.29, 1.82) is 0 Å². The Hall–Kier alpha value is -4.98. The van der Waals surface area contributed by atoms with E-state index in [4.69, 9.17) is 5.73 Å². The highest BCUT2D eigenvalue weighted by molar-refractivity contribution is 5.94. The van der Waals surface area contributed by atoms with Crippen LogP contribution in [0.3, 0.4) is 0 Å². The third kappa shape index (κ3) is 8.52. The molecule has 1 aromatic carbocycles. The number of amides is 3. The van der Waals surface area contributed by atoms with Crippen molar-refractivity contribution < 1.29 is 24.3 Å². The Morgan fingerprint density at radius 2 is 1.40 bits per heavy atom. The van der Waals surface area contributed by atoms with Gasteiger partial charge in [0, 0.05) is 53.7 Å². The summed E-state index contributed by atoms with van der Waals surface area (Å²) in [6.45, 7) is 3.75. The first-order chi connectivity index (χ1) is 20.6. The van der Waals surface area contributed by atoms with Crippen molar-refractivity contribution >= 4 is 34.6 Å². The highest BCUT2D eigenvalue weighted by Gasteiger charge is 2.31. The number of nitrogens with one attached hydrogen (secondary N) is 6. The number of rotatable bonds is 15. The van der Waals surface area contributed by atoms with Crippen LogP contribution in [0, 0.1) is 5.92 Å². The Morgan fingerprint density at radius 3 is 2.00 bits per heavy atom. The number of carbonyl (C=O) groups is 4. The normalized spacial score (nSPS) is 14.1. The summed E-state index contributed by atoms with van der Waals surface area (Å²) in [6.07, 6.45) is 8.19. The number of H-pyrrole nitrogens is 3. The minimum Gasteiger partial charge on any atom is -0.480 e. The number of para-hydroxylation sites is 1. The van der Waals surface area contributed by atoms with Gasteiger partial charge in [0.2, 0.25) is 17.7 Å². The van der Waals surface area contributed by atoms with Crippen molar-refractivity contribution in [2.75, 3.05) is 0 Å². The SMILES string of the molecule is CC(C)CC(NC(=O)C(Cc1cnc[nH]1)NC(=O)C(N)Cc1c[nH]c2ccccc12)C(=O)NC(Cc1cnc[nH]1)C(=O)O. The smallest absolute Gasteiger partial charge is 0.326 e. The van der Waals surface area contributed by atoms with E-state index in [2.05, 4.69) is 40.9 Å². The first-order valence-corrected chi connectivity index (χ1v) is 14.0. The molecule has 14 nitrogen and oxygen atoms in total. The molecule has 0 saturated heterocycles. The number of aromatic amines is 3. The minimum absolute atomic E-state index is 0.0165. The Balaban J connectivity index is 1.46. The number of nitrogens with two attached hydrogens (primary N) is 1. The summed E-state index contributed by atoms with van der Waals surface area (Å²) in [5.74, 6) is -3.07. The van der Waals surface area contributed by atoms with E-state index in [-0.39, 0.29) is 31.6 Å². The molecule has 4 unspecified atom stereocenters. The van der Waals surface area contributed by atoms with Crippen molar-refractivity contribution in [2.24, 2.45) is 11.7 Å². The van der Waals surface area contributed by atoms with Crippen molar-refractivity contribution in [2.45, 2.75) is 63.7 Å². The second-order valence-corrected chi connectivity index (χ2v) is 10.9. The Bertz CT molecular complexity index is 1510. The molecule has 4 rings (SSSR count). The topological polar surface area (TPSA) is 224 Å². The predicted molar refractivity (Wildman–Crippen MR) is 157 cm³/mol. The first-order valence-electron chi connectivity index (χ1n) is 14.0. The molecule has 3 heterocycles. The average molecular weight is 592 g/mol. The van der Waals surface area contributed by atoms with Gasteiger partial charge in [-0.05, 0) is 30.4 Å². The van der Waals surface area contributed by atoms with Gasteiger partial charge in [0.05, 0.1) is 18.7 Å². The number of carbonyl (C=O) groups excluding carboxylic acids is 3. The maximum Gasteiger partial charge on any atom is 0.326 e. The molecule has 0 aliphatic rings. The van der Waals surface area contributed by atoms with Crippen molar-refractivity contribution in [3.8, 4) is 0 Å². The molecule has 0 aliphatic carbocycles. The van der Waals surface area contributed by atoms with Crippen LogP contribution >= 0.6 is 0 Å². The van der Waals surface area contributed by atoms with Crippen LogP contribution in [0.5, 0.6) is 0 Å². The van der Waals surface area contributed by atoms with Gasteiger partial charge >= 0.3 is 5.97 Å². The number of aliphatic carboxylic acids is 1. The van der Waals surface area contributed by atoms with Crippen LogP contribution in [0.2, 0.25) is 0 Å². The van der Waals surface area contributed by atoms with E-state index in [1.807, 2.05) is 38.1 Å². The van der Waals surface area contributed by atoms with Crippen LogP contribution in [-0.4, -0.2) is 77.9 Å². The highest BCUT2D eigenvalue weighted by atomic mass is 16.4. The van der Waals surface area contributed by atoms with Gasteiger partial charge in [0.1, 0.15) is 18.1 Å². The van der Waals surface area contributed by atoms with Gasteiger partial charge in [0.25, 0.3) is 0 Å². The maximum atomic E-state index is 13.6. The summed E-state index contributed by atoms with van der Waals surface area (Å²) in [7, 11) is 0. The lowest BCUT2D eigenvalue weighted by Gasteiger charge is -2.26. The number of imidazole rings is 2. The summed E-state index contributed by atoms with van der Waals surface area (Å²) in [6, 6.07) is 3.31. The monoisotopic (exact) mass is 591 g/mol. The van der Waals surface area contributed by atoms with Gasteiger partial charge in [0.15, 0.2) is 0 Å². The fraction of sp³-hybridized carbons (Fsp3) is 0.379. The zero-order valence-electron chi connectivity index (χ0n) is 24.0. The molecule has 0 aliphatic heterocycles. The number of hydrogen-bond acceptors (Lipinski definition) is 7. The second kappa shape index (κ2) is 14.3. The van der Waals surface area contributed by atoms with E-state index >= 15 is 0 Å². The fourth-order valence-corrected chi connectivity index (χ4v) is 4.80. The molecular weight excluding hydrogens is 554 g/mol. The number of carboxylic acids is 1. The summed E-state index contributed by atoms with van der Waals surface area (Å²) in [4.78, 5) is 68.7. The van der Waals surface area contributed by atoms with E-state index < -0.39 is 47.9 Å². The number of carboxylic acid groups (broad SMARTS) is 1. The summed E-state index contributed by atoms with van der Waals surface area (Å²) < 4.78 is 0. The molecular formula is C29H37N9O5. The minimum atomic E-state index is -1.25. The van der Waals surface area contributed by atoms with Gasteiger partial charge in [-0.3, -0.25) is 14.4 Å². The third-order valence-corrected chi connectivity index (χ3v) is 7.00. The lowest BCUT2D eigenvalue weighted by molar-refractivity contribution is -0.142. The van der Waals surface area contributed by atoms with Crippen LogP contribution in [-0.2, 0) is 38.4 Å². The van der Waals surface area contributed by atoms with Crippen molar-refractivity contribution in [1.82, 2.24) is 40.9 Å². The average Bonchev–Trinajstić information content (AvgIpc) is 3.75. The summed E-state index contributed by atoms with van der Waals surface area (Å²) >= 11 is 0. The molecule has 3 amide bonds. The number of hydrogen-bond donors (Lipinski definition) is 8. The van der Waals surface area contributed by atoms with Gasteiger partial charge < -0.3 is 41.7 Å². The first kappa shape index (κ1) is 31.0. The largest absolute Gasteiger partial charge is 0.480 e. The van der Waals surface area contributed by atoms with Crippen LogP contribution in [0.25, 0.3) is 10.9 Å². The molecule has 43 heavy (non-hydrogen) atoms. The highest BCUT2D eigenvalue weighted by Crippen LogP contribution is 2.19. The Kier molecular flexibility index (Phi) is 10.3. The molecule has 14 heteroatoms. The molecule has 4 aromatic rings. The van der Waals surface area contributed by atoms with Gasteiger partial charge in [-0.15, -0.1) is 0 Å². The molecule has 0 radical (unpaired) electrons. The summed E-state index contributed by atoms with van der Waals surface area (Å²) in [5, 5.41) is 18.6. The lowest BCUT2D eigenvalue weighted by atomic mass is 10.0. The second-order valence-electron chi connectivity index (χ2n) is 10.9. The molecule has 4 atom stereocenters. The maximum absolute atomic E-state index is 13.6. The Labute approximate surface area is 247 Å². The van der Waals surface area contributed by atoms with Crippen LogP contribution < -0.4 is 21.7 Å². The lowest BCUT2D eigenvalue weighted by Crippen LogP contribution is -2.58. The van der Waals surface area contributed by atoms with E-state index in [9.17, 15) is 24.3 Å². The standard InChI is InChI=1S/C29H37N9O5/c1-16(2)7-23(27(40)38-25(29(42)43)10-19-13-32-15-35-19)37-28(41)24(9-18-12-31-14-34-18)36-26(39)21(30)8-17-11-33-22-6-4-3-5-20(17)22/h3-6,11-16,21,23-25,33H,7-10,30H2,1-2H3,(H,31,34)(H,32,35)(H,36,39)(H,37,41)(H,38,40)(H,42,43). The molecule has 0 saturated carbocycles. The van der Waals surface area contributed by atoms with Crippen LogP contribution in [0.1, 0.15) is 37.2 Å². The van der Waals surface area contributed by atoms with E-state index in [1.165, 1.54) is 25.0 Å². The molecule has 3 aromatic heterocycles. The van der Waals surface area contributed by atoms with Gasteiger partial charge in [-0.1, -0.05) is 32.0 Å². The van der Waals surface area contributed by atoms with Crippen molar-refractivity contribution in [3.05, 3.63) is 72.5 Å². The van der Waals surface area contributed by atoms with E-state index in [0.29, 0.717) is 11.4 Å². The third-order valence-electron chi connectivity index (χ3n) is 7.00. The van der Waals surface area contributed by atoms with Gasteiger partial charge in [-0.25, -0.2) is 14.8 Å². The quantitative estimate of drug-likeness (QED) is 0.0972. The summed E-state index contributed by atoms with van der Waals surface area (Å²) in [5.41, 5.74) is 9.17. The zero-order valence-corrected chi connectivity index (χ0v) is 24.0. The van der Waals surface area contributed by atoms with E-state index in [0.717, 1.165) is 16.5 Å². The predicted octanol–water partition coefficient (Wildman–Crippen LogP) is 0.554. The van der Waals surface area contributed by atoms with Crippen molar-refractivity contribution in [3.63, 3.8) is 0 Å². The number of fused-ring (bicyclic) bond motifs is 1. The molecule has 0 spiro atoms. The van der Waals surface area contributed by atoms with Crippen LogP contribution in [0.15, 0.2) is 55.5 Å². The number of benzene rings is 1. The number of nitrogens with zero attached hydrogens (tertiary/aromatic N) is 2. The molecule has 9 N–H and O–H groups in total. The Morgan fingerprint density at radius 1 is 0.814 bits per heavy atom. The zero-order chi connectivity index (χ0) is 30.9. The molecule has 0 fully saturated rings. The molecule has 0 bridgehead atoms. The van der Waals surface area contributed by atoms with E-state index in [1.54, 1.807) is 6.20 Å². The number of aromatic nitrogens is 5. The fourth-order valence-electron chi connectivity index (χ4n) is 4.80. The van der Waals surface area contributed by atoms with Crippen LogP contribution in [0.4, 0.5) is 0 Å². The molecule has 228 valence electrons.